The fourth-order valence-electron chi connectivity index (χ4n) is 5.00. The molecule has 22 nitrogen and oxygen atoms in total. The van der Waals surface area contributed by atoms with E-state index in [0.29, 0.717) is 48.5 Å². The van der Waals surface area contributed by atoms with Crippen LogP contribution in [-0.2, 0) is 18.9 Å². The summed E-state index contributed by atoms with van der Waals surface area (Å²) in [5.41, 5.74) is -2.46. The largest absolute Gasteiger partial charge is 0.504 e. The molecule has 0 amide bonds. The fraction of sp³-hybridized carbons (Fsp3) is 0.176. The van der Waals surface area contributed by atoms with Crippen molar-refractivity contribution in [3.05, 3.63) is 70.8 Å². The summed E-state index contributed by atoms with van der Waals surface area (Å²) in [4.78, 5) is 51.6. The fourth-order valence-corrected chi connectivity index (χ4v) is 5.00. The average molecular weight is 789 g/mol. The highest BCUT2D eigenvalue weighted by atomic mass is 16.7. The standard InChI is InChI=1S/C34H28O22/c35-14-1-10(2-15(36)23(14)42)30(48)52-9-22-27(46)29(55-32(50)12-5-18(39)25(44)19(40)6-12)28(47)34(54-22)56-33(51)13-7-20(41)26(45)21(8-13)53-31(49)11-3-16(37)24(43)17(38)4-11/h1-8,22,27-29,34-47H,9H2/t22-,27-,28-,29+,34+/m1/s1. The van der Waals surface area contributed by atoms with Gasteiger partial charge in [-0.3, -0.25) is 0 Å². The van der Waals surface area contributed by atoms with Crippen LogP contribution in [0.25, 0.3) is 0 Å². The predicted octanol–water partition coefficient (Wildman–Crippen LogP) is 0.353. The summed E-state index contributed by atoms with van der Waals surface area (Å²) >= 11 is 0. The van der Waals surface area contributed by atoms with E-state index in [4.69, 9.17) is 23.7 Å². The number of carbonyl (C=O) groups excluding carboxylic acids is 4. The first-order chi connectivity index (χ1) is 26.3. The van der Waals surface area contributed by atoms with E-state index in [2.05, 4.69) is 0 Å². The van der Waals surface area contributed by atoms with Gasteiger partial charge in [0.1, 0.15) is 18.8 Å². The number of rotatable bonds is 9. The minimum atomic E-state index is -2.31. The summed E-state index contributed by atoms with van der Waals surface area (Å²) < 4.78 is 25.8. The van der Waals surface area contributed by atoms with Crippen molar-refractivity contribution in [1.29, 1.82) is 0 Å². The summed E-state index contributed by atoms with van der Waals surface area (Å²) in [5, 5.41) is 130. The van der Waals surface area contributed by atoms with Crippen LogP contribution in [0.2, 0.25) is 0 Å². The molecule has 56 heavy (non-hydrogen) atoms. The third-order valence-electron chi connectivity index (χ3n) is 7.90. The van der Waals surface area contributed by atoms with E-state index in [1.165, 1.54) is 0 Å². The maximum atomic E-state index is 13.3. The molecular weight excluding hydrogens is 760 g/mol. The molecule has 0 radical (unpaired) electrons. The highest BCUT2D eigenvalue weighted by Crippen LogP contribution is 2.40. The molecule has 0 saturated carbocycles. The van der Waals surface area contributed by atoms with Crippen molar-refractivity contribution < 1.29 is 109 Å². The van der Waals surface area contributed by atoms with E-state index in [1.54, 1.807) is 0 Å². The number of hydrogen-bond donors (Lipinski definition) is 13. The highest BCUT2D eigenvalue weighted by molar-refractivity contribution is 5.95. The average Bonchev–Trinajstić information content (AvgIpc) is 3.14. The third kappa shape index (κ3) is 8.01. The summed E-state index contributed by atoms with van der Waals surface area (Å²) in [6.07, 6.45) is -10.7. The summed E-state index contributed by atoms with van der Waals surface area (Å²) in [5.74, 6) is -17.4. The van der Waals surface area contributed by atoms with E-state index in [9.17, 15) is 85.6 Å². The number of phenolic OH excluding ortho intramolecular Hbond substituents is 11. The van der Waals surface area contributed by atoms with Gasteiger partial charge in [-0.1, -0.05) is 0 Å². The molecule has 22 heteroatoms. The van der Waals surface area contributed by atoms with Gasteiger partial charge in [0.15, 0.2) is 75.5 Å². The minimum Gasteiger partial charge on any atom is -0.504 e. The topological polar surface area (TPSA) is 377 Å². The van der Waals surface area contributed by atoms with Gasteiger partial charge in [-0.05, 0) is 48.5 Å². The van der Waals surface area contributed by atoms with Gasteiger partial charge < -0.3 is 90.1 Å². The zero-order valence-corrected chi connectivity index (χ0v) is 27.7. The number of hydrogen-bond acceptors (Lipinski definition) is 22. The molecule has 0 aromatic heterocycles. The first-order valence-electron chi connectivity index (χ1n) is 15.4. The Labute approximate surface area is 310 Å². The number of ether oxygens (including phenoxy) is 5. The SMILES string of the molecule is O=C(OC[C@H]1O[C@@H](OC(=O)c2cc(O)c(O)c(OC(=O)c3cc(O)c(O)c(O)c3)c2)[C@H](O)[C@@H](OC(=O)c2cc(O)c(O)c(O)c2)[C@@H]1O)c1cc(O)c(O)c(O)c1. The van der Waals surface area contributed by atoms with Crippen molar-refractivity contribution in [1.82, 2.24) is 0 Å². The van der Waals surface area contributed by atoms with Gasteiger partial charge in [0, 0.05) is 0 Å². The number of aliphatic hydroxyl groups excluding tert-OH is 2. The number of benzene rings is 4. The Bertz CT molecular complexity index is 2160. The van der Waals surface area contributed by atoms with Crippen molar-refractivity contribution in [2.24, 2.45) is 0 Å². The smallest absolute Gasteiger partial charge is 0.343 e. The second-order valence-corrected chi connectivity index (χ2v) is 11.7. The van der Waals surface area contributed by atoms with E-state index in [-0.39, 0.29) is 0 Å². The minimum absolute atomic E-state index is 0.524. The molecule has 0 aliphatic carbocycles. The molecule has 4 aromatic carbocycles. The predicted molar refractivity (Wildman–Crippen MR) is 175 cm³/mol. The molecule has 0 spiro atoms. The Hall–Kier alpha value is -7.56. The van der Waals surface area contributed by atoms with Gasteiger partial charge in [-0.2, -0.15) is 0 Å². The van der Waals surface area contributed by atoms with Crippen molar-refractivity contribution in [3.63, 3.8) is 0 Å². The number of carbonyl (C=O) groups is 4. The van der Waals surface area contributed by atoms with Crippen molar-refractivity contribution in [3.8, 4) is 69.0 Å². The molecule has 13 N–H and O–H groups in total. The molecule has 5 rings (SSSR count). The van der Waals surface area contributed by atoms with Crippen LogP contribution in [0.15, 0.2) is 48.5 Å². The zero-order chi connectivity index (χ0) is 41.3. The molecule has 1 aliphatic rings. The lowest BCUT2D eigenvalue weighted by Crippen LogP contribution is -2.61. The van der Waals surface area contributed by atoms with Crippen molar-refractivity contribution in [2.45, 2.75) is 30.7 Å². The van der Waals surface area contributed by atoms with Crippen LogP contribution in [0.3, 0.4) is 0 Å². The molecule has 1 fully saturated rings. The lowest BCUT2D eigenvalue weighted by molar-refractivity contribution is -0.284. The van der Waals surface area contributed by atoms with Gasteiger partial charge in [0.25, 0.3) is 0 Å². The quantitative estimate of drug-likeness (QED) is 0.0471. The second kappa shape index (κ2) is 15.4. The molecule has 0 unspecified atom stereocenters. The zero-order valence-electron chi connectivity index (χ0n) is 27.7. The monoisotopic (exact) mass is 788 g/mol. The van der Waals surface area contributed by atoms with Gasteiger partial charge in [0.05, 0.1) is 22.3 Å². The van der Waals surface area contributed by atoms with E-state index in [0.717, 1.165) is 0 Å². The molecule has 1 aliphatic heterocycles. The van der Waals surface area contributed by atoms with Crippen LogP contribution >= 0.6 is 0 Å². The van der Waals surface area contributed by atoms with Crippen LogP contribution in [0, 0.1) is 0 Å². The van der Waals surface area contributed by atoms with Gasteiger partial charge in [-0.15, -0.1) is 0 Å². The number of aliphatic hydroxyl groups is 2. The Morgan fingerprint density at radius 2 is 0.857 bits per heavy atom. The molecule has 296 valence electrons. The van der Waals surface area contributed by atoms with E-state index < -0.39 is 152 Å². The Morgan fingerprint density at radius 3 is 1.32 bits per heavy atom. The normalized spacial score (nSPS) is 19.1. The second-order valence-electron chi connectivity index (χ2n) is 11.7. The van der Waals surface area contributed by atoms with Crippen molar-refractivity contribution in [2.75, 3.05) is 6.61 Å². The Balaban J connectivity index is 1.41. The maximum absolute atomic E-state index is 13.3. The van der Waals surface area contributed by atoms with Crippen LogP contribution in [0.1, 0.15) is 41.4 Å². The summed E-state index contributed by atoms with van der Waals surface area (Å²) in [7, 11) is 0. The molecule has 1 heterocycles. The van der Waals surface area contributed by atoms with Gasteiger partial charge >= 0.3 is 23.9 Å². The molecular formula is C34H28O22. The van der Waals surface area contributed by atoms with Gasteiger partial charge in [-0.25, -0.2) is 19.2 Å². The lowest BCUT2D eigenvalue weighted by Gasteiger charge is -2.41. The summed E-state index contributed by atoms with van der Waals surface area (Å²) in [6, 6.07) is 5.27. The summed E-state index contributed by atoms with van der Waals surface area (Å²) in [6.45, 7) is -1.000. The third-order valence-corrected chi connectivity index (χ3v) is 7.90. The van der Waals surface area contributed by atoms with Gasteiger partial charge in [0.2, 0.25) is 12.0 Å². The first-order valence-corrected chi connectivity index (χ1v) is 15.4. The molecule has 0 bridgehead atoms. The first kappa shape index (κ1) is 39.6. The number of esters is 4. The van der Waals surface area contributed by atoms with Crippen LogP contribution in [0.5, 0.6) is 69.0 Å². The van der Waals surface area contributed by atoms with E-state index in [1.807, 2.05) is 0 Å². The Morgan fingerprint density at radius 1 is 0.482 bits per heavy atom. The molecule has 4 aromatic rings. The van der Waals surface area contributed by atoms with E-state index >= 15 is 0 Å². The Kier molecular flexibility index (Phi) is 10.9. The highest BCUT2D eigenvalue weighted by Gasteiger charge is 2.49. The maximum Gasteiger partial charge on any atom is 0.343 e. The molecule has 5 atom stereocenters. The van der Waals surface area contributed by atoms with Crippen molar-refractivity contribution >= 4 is 23.9 Å². The van der Waals surface area contributed by atoms with Crippen LogP contribution in [0.4, 0.5) is 0 Å². The lowest BCUT2D eigenvalue weighted by atomic mass is 9.98. The number of aromatic hydroxyl groups is 11. The number of phenols is 11. The van der Waals surface area contributed by atoms with Crippen LogP contribution in [-0.4, -0.2) is 128 Å². The molecule has 1 saturated heterocycles. The van der Waals surface area contributed by atoms with Crippen LogP contribution < -0.4 is 4.74 Å².